The molecule has 0 radical (unpaired) electrons. The second-order valence-electron chi connectivity index (χ2n) is 7.41. The van der Waals surface area contributed by atoms with E-state index in [1.165, 1.54) is 23.9 Å². The smallest absolute Gasteiger partial charge is 0.255 e. The van der Waals surface area contributed by atoms with Gasteiger partial charge in [-0.25, -0.2) is 17.7 Å². The molecule has 148 valence electrons. The molecule has 3 atom stereocenters. The number of pyridine rings is 1. The molecule has 1 aromatic heterocycles. The van der Waals surface area contributed by atoms with Crippen molar-refractivity contribution < 1.29 is 17.9 Å². The van der Waals surface area contributed by atoms with Crippen LogP contribution in [-0.2, 0) is 10.0 Å². The van der Waals surface area contributed by atoms with Crippen molar-refractivity contribution >= 4 is 15.9 Å². The minimum absolute atomic E-state index is 0.0762. The van der Waals surface area contributed by atoms with Gasteiger partial charge in [0.05, 0.1) is 25.0 Å². The Hall–Kier alpha value is -2.45. The van der Waals surface area contributed by atoms with Gasteiger partial charge >= 0.3 is 0 Å². The van der Waals surface area contributed by atoms with E-state index in [-0.39, 0.29) is 23.8 Å². The van der Waals surface area contributed by atoms with Crippen molar-refractivity contribution in [2.45, 2.75) is 6.04 Å². The highest BCUT2D eigenvalue weighted by Crippen LogP contribution is 2.46. The lowest BCUT2D eigenvalue weighted by molar-refractivity contribution is 0.0708. The molecule has 4 rings (SSSR count). The van der Waals surface area contributed by atoms with Crippen LogP contribution >= 0.6 is 0 Å². The fraction of sp³-hybridized carbons (Fsp3) is 0.400. The first kappa shape index (κ1) is 18.9. The van der Waals surface area contributed by atoms with E-state index in [0.717, 1.165) is 5.56 Å². The van der Waals surface area contributed by atoms with Gasteiger partial charge in [-0.05, 0) is 17.5 Å². The van der Waals surface area contributed by atoms with E-state index in [1.807, 2.05) is 35.2 Å². The zero-order valence-electron chi connectivity index (χ0n) is 15.9. The number of carbonyl (C=O) groups is 1. The van der Waals surface area contributed by atoms with Crippen molar-refractivity contribution in [2.75, 3.05) is 33.0 Å². The first-order valence-electron chi connectivity index (χ1n) is 9.19. The highest BCUT2D eigenvalue weighted by atomic mass is 32.2. The van der Waals surface area contributed by atoms with Crippen LogP contribution in [0.2, 0.25) is 0 Å². The number of fused-ring (bicyclic) bond motifs is 1. The molecule has 2 aliphatic heterocycles. The van der Waals surface area contributed by atoms with E-state index in [0.29, 0.717) is 31.1 Å². The van der Waals surface area contributed by atoms with E-state index >= 15 is 0 Å². The molecule has 0 spiro atoms. The Morgan fingerprint density at radius 2 is 1.86 bits per heavy atom. The number of likely N-dealkylation sites (tertiary alicyclic amines) is 1. The maximum atomic E-state index is 13.3. The number of rotatable bonds is 4. The predicted molar refractivity (Wildman–Crippen MR) is 104 cm³/mol. The molecular formula is C20H23N3O4S. The van der Waals surface area contributed by atoms with Gasteiger partial charge in [-0.1, -0.05) is 30.3 Å². The van der Waals surface area contributed by atoms with Crippen LogP contribution in [0, 0.1) is 11.8 Å². The molecule has 1 aromatic carbocycles. The van der Waals surface area contributed by atoms with Gasteiger partial charge in [0, 0.05) is 37.8 Å². The number of carbonyl (C=O) groups excluding carboxylic acids is 1. The summed E-state index contributed by atoms with van der Waals surface area (Å²) in [5, 5.41) is 0. The Kier molecular flexibility index (Phi) is 4.84. The van der Waals surface area contributed by atoms with Gasteiger partial charge < -0.3 is 9.64 Å². The van der Waals surface area contributed by atoms with Gasteiger partial charge in [-0.15, -0.1) is 0 Å². The molecule has 3 heterocycles. The summed E-state index contributed by atoms with van der Waals surface area (Å²) in [6, 6.07) is 13.1. The van der Waals surface area contributed by atoms with Gasteiger partial charge in [-0.2, -0.15) is 0 Å². The Morgan fingerprint density at radius 3 is 2.46 bits per heavy atom. The number of aromatic nitrogens is 1. The van der Waals surface area contributed by atoms with Crippen molar-refractivity contribution in [1.29, 1.82) is 0 Å². The third-order valence-corrected chi connectivity index (χ3v) is 6.93. The van der Waals surface area contributed by atoms with Gasteiger partial charge in [0.1, 0.15) is 0 Å². The van der Waals surface area contributed by atoms with Crippen molar-refractivity contribution in [3.8, 4) is 5.88 Å². The summed E-state index contributed by atoms with van der Waals surface area (Å²) in [6.07, 6.45) is 2.78. The molecule has 0 N–H and O–H groups in total. The van der Waals surface area contributed by atoms with Crippen molar-refractivity contribution in [2.24, 2.45) is 11.8 Å². The van der Waals surface area contributed by atoms with Crippen molar-refractivity contribution in [3.05, 3.63) is 59.8 Å². The van der Waals surface area contributed by atoms with Crippen LogP contribution in [0.3, 0.4) is 0 Å². The molecule has 2 saturated heterocycles. The molecule has 0 aliphatic carbocycles. The summed E-state index contributed by atoms with van der Waals surface area (Å²) in [6.45, 7) is 1.42. The predicted octanol–water partition coefficient (Wildman–Crippen LogP) is 1.79. The van der Waals surface area contributed by atoms with Crippen molar-refractivity contribution in [3.63, 3.8) is 0 Å². The summed E-state index contributed by atoms with van der Waals surface area (Å²) in [5.74, 6) is 0.560. The Morgan fingerprint density at radius 1 is 1.11 bits per heavy atom. The number of amides is 1. The molecule has 0 saturated carbocycles. The van der Waals surface area contributed by atoms with E-state index in [2.05, 4.69) is 4.98 Å². The van der Waals surface area contributed by atoms with Crippen LogP contribution in [0.15, 0.2) is 48.7 Å². The number of nitrogens with zero attached hydrogens (tertiary/aromatic N) is 3. The third-order valence-electron chi connectivity index (χ3n) is 5.69. The Labute approximate surface area is 165 Å². The second-order valence-corrected chi connectivity index (χ2v) is 9.39. The van der Waals surface area contributed by atoms with Gasteiger partial charge in [0.15, 0.2) is 0 Å². The largest absolute Gasteiger partial charge is 0.481 e. The van der Waals surface area contributed by atoms with Crippen LogP contribution < -0.4 is 4.74 Å². The summed E-state index contributed by atoms with van der Waals surface area (Å²) < 4.78 is 30.7. The van der Waals surface area contributed by atoms with E-state index < -0.39 is 10.0 Å². The molecule has 1 amide bonds. The second kappa shape index (κ2) is 7.18. The fourth-order valence-electron chi connectivity index (χ4n) is 4.35. The number of ether oxygens (including phenoxy) is 1. The molecule has 0 unspecified atom stereocenters. The molecule has 7 nitrogen and oxygen atoms in total. The van der Waals surface area contributed by atoms with Crippen LogP contribution in [0.1, 0.15) is 22.0 Å². The van der Waals surface area contributed by atoms with E-state index in [1.54, 1.807) is 12.1 Å². The highest BCUT2D eigenvalue weighted by Gasteiger charge is 2.50. The summed E-state index contributed by atoms with van der Waals surface area (Å²) in [4.78, 5) is 19.3. The maximum Gasteiger partial charge on any atom is 0.255 e. The average molecular weight is 401 g/mol. The van der Waals surface area contributed by atoms with Crippen LogP contribution in [0.5, 0.6) is 5.88 Å². The standard InChI is InChI=1S/C20H23N3O4S/c1-27-18-9-8-15(10-21-18)20(24)23-12-16-11-22(28(2,25)26)13-17(16)19(23)14-6-4-3-5-7-14/h3-10,16-17,19H,11-13H2,1-2H3/t16-,17-,19+/m0/s1. The Bertz CT molecular complexity index is 963. The number of hydrogen-bond acceptors (Lipinski definition) is 5. The SMILES string of the molecule is COc1ccc(C(=O)N2C[C@@H]3CN(S(C)(=O)=O)C[C@@H]3[C@H]2c2ccccc2)cn1. The molecule has 2 aliphatic rings. The minimum Gasteiger partial charge on any atom is -0.481 e. The van der Waals surface area contributed by atoms with Crippen molar-refractivity contribution in [1.82, 2.24) is 14.2 Å². The lowest BCUT2D eigenvalue weighted by atomic mass is 9.89. The lowest BCUT2D eigenvalue weighted by Crippen LogP contribution is -2.37. The molecule has 2 fully saturated rings. The minimum atomic E-state index is -3.24. The average Bonchev–Trinajstić information content (AvgIpc) is 3.26. The fourth-order valence-corrected chi connectivity index (χ4v) is 5.26. The normalized spacial score (nSPS) is 24.9. The molecule has 28 heavy (non-hydrogen) atoms. The molecule has 0 bridgehead atoms. The monoisotopic (exact) mass is 401 g/mol. The Balaban J connectivity index is 1.66. The highest BCUT2D eigenvalue weighted by molar-refractivity contribution is 7.88. The maximum absolute atomic E-state index is 13.3. The number of benzene rings is 1. The quantitative estimate of drug-likeness (QED) is 0.780. The van der Waals surface area contributed by atoms with Crippen LogP contribution in [0.4, 0.5) is 0 Å². The zero-order chi connectivity index (χ0) is 19.9. The molecule has 8 heteroatoms. The van der Waals surface area contributed by atoms with Crippen LogP contribution in [0.25, 0.3) is 0 Å². The topological polar surface area (TPSA) is 79.8 Å². The van der Waals surface area contributed by atoms with Crippen LogP contribution in [-0.4, -0.2) is 61.5 Å². The van der Waals surface area contributed by atoms with Gasteiger partial charge in [0.25, 0.3) is 5.91 Å². The zero-order valence-corrected chi connectivity index (χ0v) is 16.7. The molecular weight excluding hydrogens is 378 g/mol. The summed E-state index contributed by atoms with van der Waals surface area (Å²) in [7, 11) is -1.71. The van der Waals surface area contributed by atoms with Gasteiger partial charge in [-0.3, -0.25) is 4.79 Å². The number of sulfonamides is 1. The summed E-state index contributed by atoms with van der Waals surface area (Å²) >= 11 is 0. The number of methoxy groups -OCH3 is 1. The van der Waals surface area contributed by atoms with E-state index in [9.17, 15) is 13.2 Å². The third kappa shape index (κ3) is 3.38. The first-order valence-corrected chi connectivity index (χ1v) is 11.0. The lowest BCUT2D eigenvalue weighted by Gasteiger charge is -2.29. The molecule has 2 aromatic rings. The van der Waals surface area contributed by atoms with Gasteiger partial charge in [0.2, 0.25) is 15.9 Å². The first-order chi connectivity index (χ1) is 13.4. The van der Waals surface area contributed by atoms with E-state index in [4.69, 9.17) is 4.74 Å². The number of hydrogen-bond donors (Lipinski definition) is 0. The summed E-state index contributed by atoms with van der Waals surface area (Å²) in [5.41, 5.74) is 1.53.